The fraction of sp³-hybridized carbons (Fsp3) is 0.333. The van der Waals surface area contributed by atoms with E-state index in [0.717, 1.165) is 42.8 Å². The average Bonchev–Trinajstić information content (AvgIpc) is 2.69. The van der Waals surface area contributed by atoms with Gasteiger partial charge < -0.3 is 5.21 Å². The molecule has 0 atom stereocenters. The minimum Gasteiger partial charge on any atom is -0.427 e. The van der Waals surface area contributed by atoms with Crippen LogP contribution in [0.15, 0.2) is 24.4 Å². The molecule has 4 heteroatoms. The van der Waals surface area contributed by atoms with Gasteiger partial charge >= 0.3 is 0 Å². The largest absolute Gasteiger partial charge is 0.427 e. The van der Waals surface area contributed by atoms with Gasteiger partial charge in [0, 0.05) is 6.20 Å². The number of aromatic nitrogens is 3. The molecule has 2 aromatic heterocycles. The second-order valence-electron chi connectivity index (χ2n) is 4.06. The van der Waals surface area contributed by atoms with Gasteiger partial charge in [0.15, 0.2) is 5.82 Å². The van der Waals surface area contributed by atoms with Gasteiger partial charge in [-0.1, -0.05) is 6.07 Å². The van der Waals surface area contributed by atoms with Crippen LogP contribution in [0.2, 0.25) is 0 Å². The summed E-state index contributed by atoms with van der Waals surface area (Å²) in [6, 6.07) is 5.62. The molecule has 0 saturated heterocycles. The monoisotopic (exact) mass is 215 g/mol. The third-order valence-corrected chi connectivity index (χ3v) is 3.00. The lowest BCUT2D eigenvalue weighted by atomic mass is 10.0. The zero-order chi connectivity index (χ0) is 11.0. The first-order valence-corrected chi connectivity index (χ1v) is 5.57. The molecule has 0 saturated carbocycles. The molecule has 0 aromatic carbocycles. The zero-order valence-corrected chi connectivity index (χ0v) is 8.93. The number of hydrogen-bond acceptors (Lipinski definition) is 3. The SMILES string of the molecule is On1c(-c2ccccn2)nc2c1CCCC2. The predicted octanol–water partition coefficient (Wildman–Crippen LogP) is 2.06. The second-order valence-corrected chi connectivity index (χ2v) is 4.06. The molecule has 0 fully saturated rings. The predicted molar refractivity (Wildman–Crippen MR) is 59.3 cm³/mol. The van der Waals surface area contributed by atoms with Crippen molar-refractivity contribution in [3.8, 4) is 11.5 Å². The third kappa shape index (κ3) is 1.38. The van der Waals surface area contributed by atoms with Crippen molar-refractivity contribution in [2.45, 2.75) is 25.7 Å². The van der Waals surface area contributed by atoms with Gasteiger partial charge in [-0.25, -0.2) is 4.98 Å². The van der Waals surface area contributed by atoms with Crippen molar-refractivity contribution in [2.24, 2.45) is 0 Å². The van der Waals surface area contributed by atoms with E-state index in [2.05, 4.69) is 9.97 Å². The Morgan fingerprint density at radius 3 is 2.81 bits per heavy atom. The summed E-state index contributed by atoms with van der Waals surface area (Å²) in [6.07, 6.45) is 5.87. The zero-order valence-electron chi connectivity index (χ0n) is 8.93. The van der Waals surface area contributed by atoms with Crippen LogP contribution in [-0.4, -0.2) is 19.9 Å². The fourth-order valence-electron chi connectivity index (χ4n) is 2.19. The van der Waals surface area contributed by atoms with Crippen molar-refractivity contribution in [3.05, 3.63) is 35.8 Å². The lowest BCUT2D eigenvalue weighted by molar-refractivity contribution is 0.179. The van der Waals surface area contributed by atoms with Gasteiger partial charge in [-0.3, -0.25) is 4.98 Å². The van der Waals surface area contributed by atoms with Crippen LogP contribution in [0, 0.1) is 0 Å². The summed E-state index contributed by atoms with van der Waals surface area (Å²) in [6.45, 7) is 0. The summed E-state index contributed by atoms with van der Waals surface area (Å²) in [7, 11) is 0. The van der Waals surface area contributed by atoms with Crippen LogP contribution < -0.4 is 0 Å². The third-order valence-electron chi connectivity index (χ3n) is 3.00. The highest BCUT2D eigenvalue weighted by Gasteiger charge is 2.20. The molecule has 0 amide bonds. The minimum atomic E-state index is 0.563. The Balaban J connectivity index is 2.12. The molecular weight excluding hydrogens is 202 g/mol. The van der Waals surface area contributed by atoms with E-state index in [0.29, 0.717) is 5.82 Å². The standard InChI is InChI=1S/C12H13N3O/c16-15-11-7-2-1-5-9(11)14-12(15)10-6-3-4-8-13-10/h3-4,6,8,16H,1-2,5,7H2. The Morgan fingerprint density at radius 1 is 1.19 bits per heavy atom. The molecule has 16 heavy (non-hydrogen) atoms. The number of imidazole rings is 1. The molecule has 82 valence electrons. The van der Waals surface area contributed by atoms with Crippen LogP contribution >= 0.6 is 0 Å². The first-order chi connectivity index (χ1) is 7.86. The molecule has 1 N–H and O–H groups in total. The first kappa shape index (κ1) is 9.39. The summed E-state index contributed by atoms with van der Waals surface area (Å²) >= 11 is 0. The van der Waals surface area contributed by atoms with E-state index in [1.54, 1.807) is 6.20 Å². The van der Waals surface area contributed by atoms with E-state index in [9.17, 15) is 5.21 Å². The van der Waals surface area contributed by atoms with Crippen molar-refractivity contribution in [2.75, 3.05) is 0 Å². The van der Waals surface area contributed by atoms with Crippen molar-refractivity contribution < 1.29 is 5.21 Å². The summed E-state index contributed by atoms with van der Waals surface area (Å²) in [4.78, 5) is 8.68. The Kier molecular flexibility index (Phi) is 2.13. The Bertz CT molecular complexity index is 504. The van der Waals surface area contributed by atoms with Crippen LogP contribution in [0.4, 0.5) is 0 Å². The van der Waals surface area contributed by atoms with E-state index >= 15 is 0 Å². The van der Waals surface area contributed by atoms with Gasteiger partial charge in [-0.15, -0.1) is 0 Å². The normalized spacial score (nSPS) is 14.8. The first-order valence-electron chi connectivity index (χ1n) is 5.57. The van der Waals surface area contributed by atoms with Crippen molar-refractivity contribution in [1.29, 1.82) is 0 Å². The molecule has 0 spiro atoms. The Labute approximate surface area is 93.5 Å². The van der Waals surface area contributed by atoms with Gasteiger partial charge in [0.2, 0.25) is 0 Å². The van der Waals surface area contributed by atoms with Crippen LogP contribution in [-0.2, 0) is 12.8 Å². The van der Waals surface area contributed by atoms with Crippen LogP contribution in [0.5, 0.6) is 0 Å². The summed E-state index contributed by atoms with van der Waals surface area (Å²) in [5.74, 6) is 0.563. The maximum atomic E-state index is 10.0. The van der Waals surface area contributed by atoms with Crippen molar-refractivity contribution in [3.63, 3.8) is 0 Å². The molecule has 3 rings (SSSR count). The van der Waals surface area contributed by atoms with Crippen LogP contribution in [0.3, 0.4) is 0 Å². The van der Waals surface area contributed by atoms with E-state index < -0.39 is 0 Å². The van der Waals surface area contributed by atoms with E-state index in [4.69, 9.17) is 0 Å². The lowest BCUT2D eigenvalue weighted by Gasteiger charge is -2.09. The van der Waals surface area contributed by atoms with Gasteiger partial charge in [0.25, 0.3) is 0 Å². The summed E-state index contributed by atoms with van der Waals surface area (Å²) in [5.41, 5.74) is 2.70. The molecule has 1 aliphatic carbocycles. The number of aryl methyl sites for hydroxylation is 1. The van der Waals surface area contributed by atoms with Gasteiger partial charge in [-0.2, -0.15) is 4.73 Å². The van der Waals surface area contributed by atoms with Crippen LogP contribution in [0.25, 0.3) is 11.5 Å². The molecule has 4 nitrogen and oxygen atoms in total. The van der Waals surface area contributed by atoms with Gasteiger partial charge in [0.1, 0.15) is 5.69 Å². The smallest absolute Gasteiger partial charge is 0.194 e. The number of rotatable bonds is 1. The molecule has 0 unspecified atom stereocenters. The van der Waals surface area contributed by atoms with Crippen LogP contribution in [0.1, 0.15) is 24.2 Å². The second kappa shape index (κ2) is 3.63. The molecule has 2 heterocycles. The summed E-state index contributed by atoms with van der Waals surface area (Å²) in [5, 5.41) is 10.0. The van der Waals surface area contributed by atoms with E-state index in [1.165, 1.54) is 4.73 Å². The van der Waals surface area contributed by atoms with Crippen molar-refractivity contribution in [1.82, 2.24) is 14.7 Å². The lowest BCUT2D eigenvalue weighted by Crippen LogP contribution is -2.06. The molecule has 0 bridgehead atoms. The van der Waals surface area contributed by atoms with Gasteiger partial charge in [0.05, 0.1) is 11.4 Å². The highest BCUT2D eigenvalue weighted by atomic mass is 16.5. The Hall–Kier alpha value is -1.84. The quantitative estimate of drug-likeness (QED) is 0.741. The minimum absolute atomic E-state index is 0.563. The fourth-order valence-corrected chi connectivity index (χ4v) is 2.19. The maximum Gasteiger partial charge on any atom is 0.194 e. The molecule has 1 aliphatic rings. The molecule has 0 radical (unpaired) electrons. The number of fused-ring (bicyclic) bond motifs is 1. The number of hydrogen-bond donors (Lipinski definition) is 1. The highest BCUT2D eigenvalue weighted by Crippen LogP contribution is 2.25. The number of nitrogens with zero attached hydrogens (tertiary/aromatic N) is 3. The molecule has 0 aliphatic heterocycles. The van der Waals surface area contributed by atoms with E-state index in [1.807, 2.05) is 18.2 Å². The Morgan fingerprint density at radius 2 is 2.06 bits per heavy atom. The van der Waals surface area contributed by atoms with Gasteiger partial charge in [-0.05, 0) is 37.8 Å². The molecule has 2 aromatic rings. The molecular formula is C12H13N3O. The van der Waals surface area contributed by atoms with E-state index in [-0.39, 0.29) is 0 Å². The maximum absolute atomic E-state index is 10.0. The van der Waals surface area contributed by atoms with Crippen molar-refractivity contribution >= 4 is 0 Å². The number of pyridine rings is 1. The topological polar surface area (TPSA) is 50.9 Å². The summed E-state index contributed by atoms with van der Waals surface area (Å²) < 4.78 is 1.21. The average molecular weight is 215 g/mol. The highest BCUT2D eigenvalue weighted by molar-refractivity contribution is 5.51.